The average Bonchev–Trinajstić information content (AvgIpc) is 2.55. The standard InChI is InChI=1S/C21H22F2/c1-3-5-14-6-10-18(20(22)12-14)16-9-11-19-17(13-16)8-7-15(4-2)21(19)23/h6-8,10,12-13H,3-5,9,11H2,1-2H3. The van der Waals surface area contributed by atoms with Crippen molar-refractivity contribution in [2.75, 3.05) is 0 Å². The van der Waals surface area contributed by atoms with Crippen LogP contribution < -0.4 is 0 Å². The van der Waals surface area contributed by atoms with E-state index in [0.717, 1.165) is 40.7 Å². The van der Waals surface area contributed by atoms with Gasteiger partial charge in [-0.15, -0.1) is 0 Å². The molecule has 0 bridgehead atoms. The molecule has 0 aliphatic heterocycles. The lowest BCUT2D eigenvalue weighted by molar-refractivity contribution is 0.593. The molecule has 0 aromatic heterocycles. The van der Waals surface area contributed by atoms with Crippen molar-refractivity contribution in [1.29, 1.82) is 0 Å². The SMILES string of the molecule is CCCc1ccc(C2=Cc3ccc(CC)c(F)c3CC2)c(F)c1. The van der Waals surface area contributed by atoms with E-state index in [4.69, 9.17) is 0 Å². The predicted octanol–water partition coefficient (Wildman–Crippen LogP) is 5.97. The molecule has 0 saturated carbocycles. The summed E-state index contributed by atoms with van der Waals surface area (Å²) in [6.07, 6.45) is 5.86. The number of rotatable bonds is 4. The summed E-state index contributed by atoms with van der Waals surface area (Å²) in [6, 6.07) is 9.30. The minimum absolute atomic E-state index is 0.0842. The van der Waals surface area contributed by atoms with Gasteiger partial charge in [0, 0.05) is 5.56 Å². The van der Waals surface area contributed by atoms with Crippen molar-refractivity contribution in [3.05, 3.63) is 69.8 Å². The van der Waals surface area contributed by atoms with Gasteiger partial charge in [0.25, 0.3) is 0 Å². The van der Waals surface area contributed by atoms with Crippen LogP contribution in [0, 0.1) is 11.6 Å². The normalized spacial score (nSPS) is 13.7. The second kappa shape index (κ2) is 6.66. The number of halogens is 2. The van der Waals surface area contributed by atoms with E-state index in [9.17, 15) is 8.78 Å². The van der Waals surface area contributed by atoms with E-state index in [0.29, 0.717) is 24.8 Å². The molecule has 0 unspecified atom stereocenters. The van der Waals surface area contributed by atoms with E-state index in [2.05, 4.69) is 6.92 Å². The summed E-state index contributed by atoms with van der Waals surface area (Å²) < 4.78 is 28.8. The van der Waals surface area contributed by atoms with E-state index in [1.54, 1.807) is 6.07 Å². The maximum absolute atomic E-state index is 14.4. The van der Waals surface area contributed by atoms with Gasteiger partial charge in [0.2, 0.25) is 0 Å². The summed E-state index contributed by atoms with van der Waals surface area (Å²) in [7, 11) is 0. The summed E-state index contributed by atoms with van der Waals surface area (Å²) in [5, 5.41) is 0. The maximum atomic E-state index is 14.4. The monoisotopic (exact) mass is 312 g/mol. The van der Waals surface area contributed by atoms with Crippen LogP contribution in [0.1, 0.15) is 54.5 Å². The first-order valence-corrected chi connectivity index (χ1v) is 8.43. The highest BCUT2D eigenvalue weighted by Crippen LogP contribution is 2.34. The van der Waals surface area contributed by atoms with Crippen molar-refractivity contribution in [3.8, 4) is 0 Å². The highest BCUT2D eigenvalue weighted by molar-refractivity contribution is 5.84. The molecule has 0 spiro atoms. The molecule has 120 valence electrons. The highest BCUT2D eigenvalue weighted by Gasteiger charge is 2.19. The Kier molecular flexibility index (Phi) is 4.61. The van der Waals surface area contributed by atoms with Crippen molar-refractivity contribution in [1.82, 2.24) is 0 Å². The minimum atomic E-state index is -0.170. The van der Waals surface area contributed by atoms with Crippen LogP contribution in [0.3, 0.4) is 0 Å². The van der Waals surface area contributed by atoms with Crippen molar-refractivity contribution in [2.45, 2.75) is 46.0 Å². The molecule has 0 saturated heterocycles. The topological polar surface area (TPSA) is 0 Å². The van der Waals surface area contributed by atoms with Gasteiger partial charge in [0.1, 0.15) is 11.6 Å². The number of allylic oxidation sites excluding steroid dienone is 1. The molecule has 0 radical (unpaired) electrons. The van der Waals surface area contributed by atoms with Gasteiger partial charge in [0.05, 0.1) is 0 Å². The van der Waals surface area contributed by atoms with E-state index >= 15 is 0 Å². The van der Waals surface area contributed by atoms with Crippen LogP contribution in [0.4, 0.5) is 8.78 Å². The fraction of sp³-hybridized carbons (Fsp3) is 0.333. The van der Waals surface area contributed by atoms with Crippen molar-refractivity contribution in [3.63, 3.8) is 0 Å². The van der Waals surface area contributed by atoms with Crippen LogP contribution >= 0.6 is 0 Å². The molecule has 0 nitrogen and oxygen atoms in total. The molecule has 0 amide bonds. The Morgan fingerprint density at radius 3 is 2.52 bits per heavy atom. The molecule has 2 aromatic rings. The average molecular weight is 312 g/mol. The van der Waals surface area contributed by atoms with Crippen LogP contribution in [-0.4, -0.2) is 0 Å². The van der Waals surface area contributed by atoms with Crippen molar-refractivity contribution in [2.24, 2.45) is 0 Å². The number of benzene rings is 2. The number of hydrogen-bond donors (Lipinski definition) is 0. The predicted molar refractivity (Wildman–Crippen MR) is 92.4 cm³/mol. The Morgan fingerprint density at radius 1 is 1.00 bits per heavy atom. The first-order valence-electron chi connectivity index (χ1n) is 8.43. The van der Waals surface area contributed by atoms with Gasteiger partial charge in [-0.2, -0.15) is 0 Å². The first kappa shape index (κ1) is 15.9. The minimum Gasteiger partial charge on any atom is -0.206 e. The van der Waals surface area contributed by atoms with Crippen molar-refractivity contribution >= 4 is 11.6 Å². The lowest BCUT2D eigenvalue weighted by atomic mass is 9.86. The molecule has 23 heavy (non-hydrogen) atoms. The lowest BCUT2D eigenvalue weighted by Crippen LogP contribution is -2.05. The van der Waals surface area contributed by atoms with E-state index in [-0.39, 0.29) is 11.6 Å². The molecule has 0 N–H and O–H groups in total. The molecule has 2 aromatic carbocycles. The fourth-order valence-electron chi connectivity index (χ4n) is 3.34. The number of hydrogen-bond acceptors (Lipinski definition) is 0. The van der Waals surface area contributed by atoms with Gasteiger partial charge in [-0.25, -0.2) is 8.78 Å². The largest absolute Gasteiger partial charge is 0.206 e. The van der Waals surface area contributed by atoms with Crippen LogP contribution in [0.15, 0.2) is 30.3 Å². The zero-order chi connectivity index (χ0) is 16.4. The van der Waals surface area contributed by atoms with Crippen LogP contribution in [0.5, 0.6) is 0 Å². The Morgan fingerprint density at radius 2 is 1.83 bits per heavy atom. The van der Waals surface area contributed by atoms with Gasteiger partial charge in [-0.3, -0.25) is 0 Å². The third kappa shape index (κ3) is 3.08. The summed E-state index contributed by atoms with van der Waals surface area (Å²) in [4.78, 5) is 0. The number of aryl methyl sites for hydroxylation is 2. The highest BCUT2D eigenvalue weighted by atomic mass is 19.1. The van der Waals surface area contributed by atoms with Gasteiger partial charge in [-0.05, 0) is 59.6 Å². The summed E-state index contributed by atoms with van der Waals surface area (Å²) in [5.41, 5.74) is 5.06. The lowest BCUT2D eigenvalue weighted by Gasteiger charge is -2.19. The smallest absolute Gasteiger partial charge is 0.130 e. The summed E-state index contributed by atoms with van der Waals surface area (Å²) >= 11 is 0. The van der Waals surface area contributed by atoms with Gasteiger partial charge < -0.3 is 0 Å². The second-order valence-corrected chi connectivity index (χ2v) is 6.19. The van der Waals surface area contributed by atoms with Crippen LogP contribution in [0.2, 0.25) is 0 Å². The first-order chi connectivity index (χ1) is 11.1. The molecular weight excluding hydrogens is 290 g/mol. The maximum Gasteiger partial charge on any atom is 0.130 e. The van der Waals surface area contributed by atoms with Crippen LogP contribution in [-0.2, 0) is 19.3 Å². The third-order valence-corrected chi connectivity index (χ3v) is 4.63. The summed E-state index contributed by atoms with van der Waals surface area (Å²) in [5.74, 6) is -0.254. The molecule has 0 fully saturated rings. The second-order valence-electron chi connectivity index (χ2n) is 6.19. The van der Waals surface area contributed by atoms with Gasteiger partial charge in [0.15, 0.2) is 0 Å². The van der Waals surface area contributed by atoms with Crippen molar-refractivity contribution < 1.29 is 8.78 Å². The van der Waals surface area contributed by atoms with E-state index in [1.807, 2.05) is 37.3 Å². The molecule has 0 heterocycles. The molecular formula is C21H22F2. The zero-order valence-corrected chi connectivity index (χ0v) is 13.8. The summed E-state index contributed by atoms with van der Waals surface area (Å²) in [6.45, 7) is 4.05. The van der Waals surface area contributed by atoms with Gasteiger partial charge in [-0.1, -0.05) is 50.6 Å². The molecule has 2 heteroatoms. The van der Waals surface area contributed by atoms with E-state index in [1.165, 1.54) is 0 Å². The van der Waals surface area contributed by atoms with E-state index < -0.39 is 0 Å². The molecule has 1 aliphatic carbocycles. The molecule has 3 rings (SSSR count). The van der Waals surface area contributed by atoms with Gasteiger partial charge >= 0.3 is 0 Å². The fourth-order valence-corrected chi connectivity index (χ4v) is 3.34. The molecule has 0 atom stereocenters. The quantitative estimate of drug-likeness (QED) is 0.653. The zero-order valence-electron chi connectivity index (χ0n) is 13.8. The third-order valence-electron chi connectivity index (χ3n) is 4.63. The Hall–Kier alpha value is -1.96. The Labute approximate surface area is 136 Å². The Bertz CT molecular complexity index is 757. The number of fused-ring (bicyclic) bond motifs is 1. The van der Waals surface area contributed by atoms with Crippen LogP contribution in [0.25, 0.3) is 11.6 Å². The molecule has 1 aliphatic rings. The Balaban J connectivity index is 1.98.